The number of H-pyrrole nitrogens is 1. The molecule has 2 aromatic rings. The lowest BCUT2D eigenvalue weighted by Gasteiger charge is -2.30. The van der Waals surface area contributed by atoms with Crippen molar-refractivity contribution in [2.24, 2.45) is 0 Å². The zero-order chi connectivity index (χ0) is 15.8. The molecule has 1 aromatic heterocycles. The minimum absolute atomic E-state index is 0.327. The van der Waals surface area contributed by atoms with Gasteiger partial charge in [0.05, 0.1) is 5.52 Å². The molecular weight excluding hydrogens is 308 g/mol. The Morgan fingerprint density at radius 2 is 1.96 bits per heavy atom. The van der Waals surface area contributed by atoms with Gasteiger partial charge in [0.1, 0.15) is 0 Å². The molecule has 23 heavy (non-hydrogen) atoms. The number of piperidine rings is 1. The highest BCUT2D eigenvalue weighted by Gasteiger charge is 2.25. The number of likely N-dealkylation sites (tertiary alicyclic amines) is 1. The number of benzene rings is 1. The molecule has 1 aromatic carbocycles. The summed E-state index contributed by atoms with van der Waals surface area (Å²) in [6, 6.07) is 6.52. The standard InChI is InChI=1S/C18H20N2O2S/c21-18(22)20-8-6-13(7-9-20)14-4-3-5-15-16(12-19-17(14)15)23-10-1-2-11-23/h1-5,10-13,19,23H,6-9H2,(H,21,22). The first-order valence-corrected chi connectivity index (χ1v) is 9.43. The van der Waals surface area contributed by atoms with Crippen LogP contribution in [0.2, 0.25) is 0 Å². The number of amides is 1. The Morgan fingerprint density at radius 1 is 1.22 bits per heavy atom. The zero-order valence-electron chi connectivity index (χ0n) is 12.8. The molecule has 0 atom stereocenters. The predicted octanol–water partition coefficient (Wildman–Crippen LogP) is 4.43. The highest BCUT2D eigenvalue weighted by Crippen LogP contribution is 2.46. The fourth-order valence-corrected chi connectivity index (χ4v) is 5.26. The summed E-state index contributed by atoms with van der Waals surface area (Å²) in [5, 5.41) is 15.0. The summed E-state index contributed by atoms with van der Waals surface area (Å²) in [5.74, 6) is 0.434. The first-order chi connectivity index (χ1) is 11.2. The van der Waals surface area contributed by atoms with Crippen molar-refractivity contribution in [2.75, 3.05) is 13.1 Å². The van der Waals surface area contributed by atoms with Gasteiger partial charge in [0.2, 0.25) is 0 Å². The first kappa shape index (κ1) is 14.5. The lowest BCUT2D eigenvalue weighted by atomic mass is 9.88. The number of carboxylic acid groups (broad SMARTS) is 1. The molecule has 1 fully saturated rings. The van der Waals surface area contributed by atoms with Crippen molar-refractivity contribution < 1.29 is 9.90 Å². The summed E-state index contributed by atoms with van der Waals surface area (Å²) in [4.78, 5) is 17.5. The number of rotatable bonds is 2. The number of fused-ring (bicyclic) bond motifs is 1. The molecule has 0 spiro atoms. The summed E-state index contributed by atoms with van der Waals surface area (Å²) in [7, 11) is -0.327. The Balaban J connectivity index is 1.65. The highest BCUT2D eigenvalue weighted by molar-refractivity contribution is 8.22. The van der Waals surface area contributed by atoms with Crippen LogP contribution in [-0.2, 0) is 0 Å². The second kappa shape index (κ2) is 5.81. The van der Waals surface area contributed by atoms with E-state index in [1.807, 2.05) is 0 Å². The Bertz CT molecular complexity index is 788. The maximum absolute atomic E-state index is 11.1. The Labute approximate surface area is 137 Å². The zero-order valence-corrected chi connectivity index (χ0v) is 13.7. The molecule has 120 valence electrons. The van der Waals surface area contributed by atoms with Gasteiger partial charge in [-0.2, -0.15) is 10.9 Å². The SMILES string of the molecule is O=C(O)N1CCC(c2cccc3c([SH]4C=CC=C4)c[nH]c23)CC1. The van der Waals surface area contributed by atoms with Gasteiger partial charge in [0.15, 0.2) is 0 Å². The van der Waals surface area contributed by atoms with E-state index < -0.39 is 6.09 Å². The number of aromatic amines is 1. The third-order valence-electron chi connectivity index (χ3n) is 4.81. The van der Waals surface area contributed by atoms with E-state index in [2.05, 4.69) is 52.3 Å². The molecule has 3 heterocycles. The van der Waals surface area contributed by atoms with Crippen molar-refractivity contribution in [2.45, 2.75) is 23.7 Å². The fourth-order valence-electron chi connectivity index (χ4n) is 3.59. The van der Waals surface area contributed by atoms with E-state index in [0.717, 1.165) is 12.8 Å². The van der Waals surface area contributed by atoms with Crippen molar-refractivity contribution in [3.05, 3.63) is 52.9 Å². The minimum atomic E-state index is -0.800. The van der Waals surface area contributed by atoms with Crippen LogP contribution in [0.15, 0.2) is 52.3 Å². The lowest BCUT2D eigenvalue weighted by molar-refractivity contribution is 0.132. The molecule has 5 heteroatoms. The van der Waals surface area contributed by atoms with E-state index >= 15 is 0 Å². The van der Waals surface area contributed by atoms with Gasteiger partial charge in [-0.05, 0) is 35.1 Å². The molecule has 1 amide bonds. The number of thiol groups is 1. The van der Waals surface area contributed by atoms with Crippen LogP contribution in [0.3, 0.4) is 0 Å². The van der Waals surface area contributed by atoms with E-state index in [-0.39, 0.29) is 10.9 Å². The highest BCUT2D eigenvalue weighted by atomic mass is 32.2. The topological polar surface area (TPSA) is 56.3 Å². The average molecular weight is 328 g/mol. The number of nitrogens with zero attached hydrogens (tertiary/aromatic N) is 1. The van der Waals surface area contributed by atoms with Crippen molar-refractivity contribution in [1.29, 1.82) is 0 Å². The molecule has 4 rings (SSSR count). The third kappa shape index (κ3) is 2.55. The number of carbonyl (C=O) groups is 1. The number of nitrogens with one attached hydrogen (secondary N) is 1. The van der Waals surface area contributed by atoms with Crippen molar-refractivity contribution in [1.82, 2.24) is 9.88 Å². The monoisotopic (exact) mass is 328 g/mol. The smallest absolute Gasteiger partial charge is 0.407 e. The maximum atomic E-state index is 11.1. The van der Waals surface area contributed by atoms with Crippen LogP contribution >= 0.6 is 10.9 Å². The second-order valence-electron chi connectivity index (χ2n) is 6.08. The quantitative estimate of drug-likeness (QED) is 0.715. The molecule has 0 aliphatic carbocycles. The van der Waals surface area contributed by atoms with Crippen LogP contribution in [0.1, 0.15) is 24.3 Å². The van der Waals surface area contributed by atoms with Gasteiger partial charge >= 0.3 is 6.09 Å². The second-order valence-corrected chi connectivity index (χ2v) is 7.97. The Morgan fingerprint density at radius 3 is 2.65 bits per heavy atom. The normalized spacial score (nSPS) is 19.8. The summed E-state index contributed by atoms with van der Waals surface area (Å²) in [5.41, 5.74) is 2.56. The van der Waals surface area contributed by atoms with E-state index in [1.54, 1.807) is 0 Å². The third-order valence-corrected chi connectivity index (χ3v) is 6.73. The fraction of sp³-hybridized carbons (Fsp3) is 0.278. The first-order valence-electron chi connectivity index (χ1n) is 7.95. The molecule has 0 unspecified atom stereocenters. The van der Waals surface area contributed by atoms with Gasteiger partial charge in [0, 0.05) is 29.6 Å². The molecule has 4 nitrogen and oxygen atoms in total. The van der Waals surface area contributed by atoms with E-state index in [4.69, 9.17) is 5.11 Å². The predicted molar refractivity (Wildman–Crippen MR) is 95.4 cm³/mol. The summed E-state index contributed by atoms with van der Waals surface area (Å²) in [6.07, 6.45) is 7.38. The van der Waals surface area contributed by atoms with Gasteiger partial charge in [-0.15, -0.1) is 0 Å². The largest absolute Gasteiger partial charge is 0.465 e. The van der Waals surface area contributed by atoms with Crippen molar-refractivity contribution in [3.8, 4) is 0 Å². The summed E-state index contributed by atoms with van der Waals surface area (Å²) in [6.45, 7) is 1.25. The summed E-state index contributed by atoms with van der Waals surface area (Å²) < 4.78 is 0. The number of hydrogen-bond acceptors (Lipinski definition) is 1. The molecule has 2 aliphatic rings. The van der Waals surface area contributed by atoms with Gasteiger partial charge in [-0.1, -0.05) is 30.4 Å². The molecule has 1 saturated heterocycles. The number of hydrogen-bond donors (Lipinski definition) is 3. The number of aromatic nitrogens is 1. The Hall–Kier alpha value is -2.14. The lowest BCUT2D eigenvalue weighted by Crippen LogP contribution is -2.36. The molecule has 0 radical (unpaired) electrons. The van der Waals surface area contributed by atoms with Crippen molar-refractivity contribution in [3.63, 3.8) is 0 Å². The van der Waals surface area contributed by atoms with E-state index in [0.29, 0.717) is 19.0 Å². The van der Waals surface area contributed by atoms with Gasteiger partial charge in [0.25, 0.3) is 0 Å². The minimum Gasteiger partial charge on any atom is -0.465 e. The van der Waals surface area contributed by atoms with Crippen molar-refractivity contribution >= 4 is 27.9 Å². The number of para-hydroxylation sites is 1. The molecular formula is C18H20N2O2S. The number of allylic oxidation sites excluding steroid dienone is 2. The Kier molecular flexibility index (Phi) is 3.65. The average Bonchev–Trinajstić information content (AvgIpc) is 3.23. The molecule has 0 bridgehead atoms. The van der Waals surface area contributed by atoms with Crippen LogP contribution in [0.5, 0.6) is 0 Å². The van der Waals surface area contributed by atoms with Gasteiger partial charge in [-0.3, -0.25) is 0 Å². The van der Waals surface area contributed by atoms with Crippen LogP contribution < -0.4 is 0 Å². The molecule has 2 aliphatic heterocycles. The molecule has 0 saturated carbocycles. The van der Waals surface area contributed by atoms with E-state index in [1.165, 1.54) is 26.3 Å². The molecule has 2 N–H and O–H groups in total. The van der Waals surface area contributed by atoms with Gasteiger partial charge in [-0.25, -0.2) is 4.79 Å². The summed E-state index contributed by atoms with van der Waals surface area (Å²) >= 11 is 0. The van der Waals surface area contributed by atoms with Crippen LogP contribution in [0.4, 0.5) is 4.79 Å². The van der Waals surface area contributed by atoms with E-state index in [9.17, 15) is 4.79 Å². The van der Waals surface area contributed by atoms with Crippen LogP contribution in [0.25, 0.3) is 10.9 Å². The van der Waals surface area contributed by atoms with Gasteiger partial charge < -0.3 is 15.0 Å². The van der Waals surface area contributed by atoms with Crippen LogP contribution in [0, 0.1) is 0 Å². The maximum Gasteiger partial charge on any atom is 0.407 e. The van der Waals surface area contributed by atoms with Crippen LogP contribution in [-0.4, -0.2) is 34.2 Å².